The van der Waals surface area contributed by atoms with Crippen molar-refractivity contribution >= 4 is 0 Å². The highest BCUT2D eigenvalue weighted by Crippen LogP contribution is 2.29. The summed E-state index contributed by atoms with van der Waals surface area (Å²) >= 11 is 0. The molecular formula is C13H19NO. The first kappa shape index (κ1) is 10.7. The van der Waals surface area contributed by atoms with Gasteiger partial charge in [0.05, 0.1) is 12.1 Å². The molecule has 0 fully saturated rings. The fourth-order valence-electron chi connectivity index (χ4n) is 2.25. The molecule has 1 aromatic rings. The Hall–Kier alpha value is -0.860. The van der Waals surface area contributed by atoms with Crippen LogP contribution in [0.15, 0.2) is 24.3 Å². The molecule has 0 aliphatic carbocycles. The molecule has 1 heterocycles. The van der Waals surface area contributed by atoms with Gasteiger partial charge in [-0.05, 0) is 17.5 Å². The molecule has 1 aromatic carbocycles. The zero-order valence-corrected chi connectivity index (χ0v) is 9.24. The maximum atomic E-state index is 10.1. The topological polar surface area (TPSA) is 32.3 Å². The van der Waals surface area contributed by atoms with Gasteiger partial charge < -0.3 is 10.4 Å². The van der Waals surface area contributed by atoms with Crippen LogP contribution in [0.3, 0.4) is 0 Å². The summed E-state index contributed by atoms with van der Waals surface area (Å²) in [5, 5.41) is 13.4. The van der Waals surface area contributed by atoms with Gasteiger partial charge in [0.15, 0.2) is 0 Å². The van der Waals surface area contributed by atoms with Crippen LogP contribution in [-0.2, 0) is 6.54 Å². The molecule has 2 unspecified atom stereocenters. The molecule has 0 saturated heterocycles. The van der Waals surface area contributed by atoms with Crippen LogP contribution in [0, 0.1) is 0 Å². The highest BCUT2D eigenvalue weighted by atomic mass is 16.3. The van der Waals surface area contributed by atoms with Crippen LogP contribution >= 0.6 is 0 Å². The van der Waals surface area contributed by atoms with Gasteiger partial charge in [0.25, 0.3) is 0 Å². The third-order valence-corrected chi connectivity index (χ3v) is 3.14. The minimum absolute atomic E-state index is 0.146. The zero-order chi connectivity index (χ0) is 10.7. The van der Waals surface area contributed by atoms with E-state index in [2.05, 4.69) is 30.4 Å². The molecule has 1 aliphatic rings. The molecule has 0 amide bonds. The number of aliphatic hydroxyl groups excluding tert-OH is 1. The van der Waals surface area contributed by atoms with Crippen molar-refractivity contribution in [3.8, 4) is 0 Å². The third kappa shape index (κ3) is 2.21. The van der Waals surface area contributed by atoms with Gasteiger partial charge in [0, 0.05) is 6.54 Å². The van der Waals surface area contributed by atoms with E-state index in [1.807, 2.05) is 6.07 Å². The quantitative estimate of drug-likeness (QED) is 0.791. The molecular weight excluding hydrogens is 186 g/mol. The van der Waals surface area contributed by atoms with Crippen molar-refractivity contribution in [2.75, 3.05) is 0 Å². The Kier molecular flexibility index (Phi) is 3.39. The maximum absolute atomic E-state index is 10.1. The molecule has 0 radical (unpaired) electrons. The lowest BCUT2D eigenvalue weighted by Crippen LogP contribution is -2.26. The molecule has 0 bridgehead atoms. The second-order valence-electron chi connectivity index (χ2n) is 4.27. The lowest BCUT2D eigenvalue weighted by molar-refractivity contribution is 0.120. The molecule has 2 N–H and O–H groups in total. The number of nitrogens with one attached hydrogen (secondary N) is 1. The fourth-order valence-corrected chi connectivity index (χ4v) is 2.25. The lowest BCUT2D eigenvalue weighted by Gasteiger charge is -2.19. The van der Waals surface area contributed by atoms with Crippen molar-refractivity contribution in [2.24, 2.45) is 0 Å². The van der Waals surface area contributed by atoms with Gasteiger partial charge in [-0.2, -0.15) is 0 Å². The fraction of sp³-hybridized carbons (Fsp3) is 0.538. The van der Waals surface area contributed by atoms with Crippen molar-refractivity contribution in [3.63, 3.8) is 0 Å². The first-order chi connectivity index (χ1) is 7.33. The molecule has 0 spiro atoms. The number of fused-ring (bicyclic) bond motifs is 1. The number of unbranched alkanes of at least 4 members (excludes halogenated alkanes) is 1. The van der Waals surface area contributed by atoms with Crippen molar-refractivity contribution in [1.29, 1.82) is 0 Å². The van der Waals surface area contributed by atoms with Gasteiger partial charge in [0.2, 0.25) is 0 Å². The van der Waals surface area contributed by atoms with Crippen molar-refractivity contribution in [1.82, 2.24) is 5.32 Å². The molecule has 2 atom stereocenters. The molecule has 2 nitrogen and oxygen atoms in total. The van der Waals surface area contributed by atoms with Crippen LogP contribution in [0.5, 0.6) is 0 Å². The summed E-state index contributed by atoms with van der Waals surface area (Å²) < 4.78 is 0. The van der Waals surface area contributed by atoms with Gasteiger partial charge in [0.1, 0.15) is 0 Å². The standard InChI is InChI=1S/C13H19NO/c1-2-3-8-12(15)13-11-7-5-4-6-10(11)9-14-13/h4-7,12-15H,2-3,8-9H2,1H3. The summed E-state index contributed by atoms with van der Waals surface area (Å²) in [7, 11) is 0. The number of hydrogen-bond acceptors (Lipinski definition) is 2. The largest absolute Gasteiger partial charge is 0.391 e. The number of aliphatic hydroxyl groups is 1. The van der Waals surface area contributed by atoms with Crippen LogP contribution in [0.4, 0.5) is 0 Å². The molecule has 0 aromatic heterocycles. The summed E-state index contributed by atoms with van der Waals surface area (Å²) in [6.45, 7) is 3.05. The molecule has 2 heteroatoms. The van der Waals surface area contributed by atoms with Crippen LogP contribution in [0.25, 0.3) is 0 Å². The summed E-state index contributed by atoms with van der Waals surface area (Å²) in [5.41, 5.74) is 2.61. The Morgan fingerprint density at radius 3 is 3.07 bits per heavy atom. The zero-order valence-electron chi connectivity index (χ0n) is 9.24. The van der Waals surface area contributed by atoms with Gasteiger partial charge in [-0.3, -0.25) is 0 Å². The second kappa shape index (κ2) is 4.77. The average Bonchev–Trinajstić information content (AvgIpc) is 2.69. The average molecular weight is 205 g/mol. The third-order valence-electron chi connectivity index (χ3n) is 3.14. The highest BCUT2D eigenvalue weighted by molar-refractivity contribution is 5.34. The molecule has 0 saturated carbocycles. The van der Waals surface area contributed by atoms with E-state index in [4.69, 9.17) is 0 Å². The van der Waals surface area contributed by atoms with E-state index in [9.17, 15) is 5.11 Å². The Balaban J connectivity index is 2.06. The Morgan fingerprint density at radius 2 is 2.27 bits per heavy atom. The predicted octanol–water partition coefficient (Wildman–Crippen LogP) is 2.38. The first-order valence-corrected chi connectivity index (χ1v) is 5.82. The minimum atomic E-state index is -0.242. The summed E-state index contributed by atoms with van der Waals surface area (Å²) in [6, 6.07) is 8.50. The number of rotatable bonds is 4. The van der Waals surface area contributed by atoms with Gasteiger partial charge in [-0.15, -0.1) is 0 Å². The molecule has 15 heavy (non-hydrogen) atoms. The number of hydrogen-bond donors (Lipinski definition) is 2. The highest BCUT2D eigenvalue weighted by Gasteiger charge is 2.26. The predicted molar refractivity (Wildman–Crippen MR) is 61.6 cm³/mol. The Labute approximate surface area is 91.3 Å². The van der Waals surface area contributed by atoms with E-state index in [0.717, 1.165) is 25.8 Å². The van der Waals surface area contributed by atoms with Crippen LogP contribution in [0.2, 0.25) is 0 Å². The SMILES string of the molecule is CCCCC(O)C1NCc2ccccc21. The normalized spacial score (nSPS) is 21.3. The van der Waals surface area contributed by atoms with Crippen LogP contribution < -0.4 is 5.32 Å². The maximum Gasteiger partial charge on any atom is 0.0735 e. The van der Waals surface area contributed by atoms with E-state index in [-0.39, 0.29) is 12.1 Å². The smallest absolute Gasteiger partial charge is 0.0735 e. The van der Waals surface area contributed by atoms with Crippen molar-refractivity contribution < 1.29 is 5.11 Å². The Morgan fingerprint density at radius 1 is 1.47 bits per heavy atom. The van der Waals surface area contributed by atoms with Gasteiger partial charge in [-0.1, -0.05) is 44.0 Å². The second-order valence-corrected chi connectivity index (χ2v) is 4.27. The van der Waals surface area contributed by atoms with Gasteiger partial charge >= 0.3 is 0 Å². The molecule has 2 rings (SSSR count). The molecule has 82 valence electrons. The van der Waals surface area contributed by atoms with E-state index in [0.29, 0.717) is 0 Å². The Bertz CT molecular complexity index is 324. The van der Waals surface area contributed by atoms with Crippen LogP contribution in [0.1, 0.15) is 43.4 Å². The van der Waals surface area contributed by atoms with Crippen LogP contribution in [-0.4, -0.2) is 11.2 Å². The number of benzene rings is 1. The van der Waals surface area contributed by atoms with Gasteiger partial charge in [-0.25, -0.2) is 0 Å². The summed E-state index contributed by atoms with van der Waals surface area (Å²) in [5.74, 6) is 0. The van der Waals surface area contributed by atoms with E-state index in [1.165, 1.54) is 11.1 Å². The van der Waals surface area contributed by atoms with Crippen molar-refractivity contribution in [3.05, 3.63) is 35.4 Å². The summed E-state index contributed by atoms with van der Waals surface area (Å²) in [4.78, 5) is 0. The monoisotopic (exact) mass is 205 g/mol. The molecule has 1 aliphatic heterocycles. The van der Waals surface area contributed by atoms with E-state index < -0.39 is 0 Å². The van der Waals surface area contributed by atoms with Crippen molar-refractivity contribution in [2.45, 2.75) is 44.9 Å². The summed E-state index contributed by atoms with van der Waals surface area (Å²) in [6.07, 6.45) is 2.89. The van der Waals surface area contributed by atoms with E-state index in [1.54, 1.807) is 0 Å². The lowest BCUT2D eigenvalue weighted by atomic mass is 9.98. The first-order valence-electron chi connectivity index (χ1n) is 5.82. The minimum Gasteiger partial charge on any atom is -0.391 e. The van der Waals surface area contributed by atoms with E-state index >= 15 is 0 Å².